The molecule has 0 amide bonds. The van der Waals surface area contributed by atoms with E-state index in [-0.39, 0.29) is 0 Å². The fourth-order valence-corrected chi connectivity index (χ4v) is 1.40. The molecular formula is C12H16N2. The third kappa shape index (κ3) is 2.05. The molecule has 0 aliphatic rings. The molecule has 74 valence electrons. The van der Waals surface area contributed by atoms with Crippen LogP contribution in [0.2, 0.25) is 0 Å². The molecule has 0 N–H and O–H groups in total. The van der Waals surface area contributed by atoms with E-state index >= 15 is 0 Å². The molecule has 0 unspecified atom stereocenters. The van der Waals surface area contributed by atoms with Gasteiger partial charge in [0.25, 0.3) is 0 Å². The zero-order valence-electron chi connectivity index (χ0n) is 9.20. The smallest absolute Gasteiger partial charge is 0.0991 e. The first-order valence-electron chi connectivity index (χ1n) is 4.80. The first kappa shape index (κ1) is 10.6. The Labute approximate surface area is 85.8 Å². The van der Waals surface area contributed by atoms with E-state index in [4.69, 9.17) is 5.26 Å². The molecule has 0 fully saturated rings. The first-order chi connectivity index (χ1) is 6.56. The summed E-state index contributed by atoms with van der Waals surface area (Å²) in [6.07, 6.45) is 0. The summed E-state index contributed by atoms with van der Waals surface area (Å²) in [6, 6.07) is 8.41. The molecule has 1 aromatic rings. The monoisotopic (exact) mass is 188 g/mol. The second kappa shape index (κ2) is 4.15. The standard InChI is InChI=1S/C12H16N2/c1-9(2)14(4)12-6-5-11(8-13)7-10(12)3/h5-7,9H,1-4H3. The van der Waals surface area contributed by atoms with Crippen LogP contribution in [0.5, 0.6) is 0 Å². The van der Waals surface area contributed by atoms with E-state index in [9.17, 15) is 0 Å². The van der Waals surface area contributed by atoms with Gasteiger partial charge in [0.05, 0.1) is 11.6 Å². The Balaban J connectivity index is 3.07. The second-order valence-corrected chi connectivity index (χ2v) is 3.82. The molecule has 0 atom stereocenters. The van der Waals surface area contributed by atoms with Crippen molar-refractivity contribution in [2.75, 3.05) is 11.9 Å². The minimum Gasteiger partial charge on any atom is -0.372 e. The van der Waals surface area contributed by atoms with Gasteiger partial charge in [-0.05, 0) is 44.5 Å². The van der Waals surface area contributed by atoms with Crippen molar-refractivity contribution in [3.8, 4) is 6.07 Å². The minimum atomic E-state index is 0.474. The number of hydrogen-bond donors (Lipinski definition) is 0. The van der Waals surface area contributed by atoms with Gasteiger partial charge in [0.2, 0.25) is 0 Å². The quantitative estimate of drug-likeness (QED) is 0.713. The van der Waals surface area contributed by atoms with Gasteiger partial charge in [-0.2, -0.15) is 5.26 Å². The van der Waals surface area contributed by atoms with E-state index < -0.39 is 0 Å². The highest BCUT2D eigenvalue weighted by Crippen LogP contribution is 2.21. The summed E-state index contributed by atoms with van der Waals surface area (Å²) in [5, 5.41) is 8.74. The largest absolute Gasteiger partial charge is 0.372 e. The van der Waals surface area contributed by atoms with Crippen LogP contribution in [0.25, 0.3) is 0 Å². The van der Waals surface area contributed by atoms with E-state index in [2.05, 4.69) is 31.9 Å². The third-order valence-corrected chi connectivity index (χ3v) is 2.48. The fourth-order valence-electron chi connectivity index (χ4n) is 1.40. The van der Waals surface area contributed by atoms with Gasteiger partial charge in [-0.3, -0.25) is 0 Å². The van der Waals surface area contributed by atoms with Crippen molar-refractivity contribution in [2.45, 2.75) is 26.8 Å². The summed E-state index contributed by atoms with van der Waals surface area (Å²) in [4.78, 5) is 2.20. The molecule has 1 rings (SSSR count). The van der Waals surface area contributed by atoms with Crippen molar-refractivity contribution in [1.29, 1.82) is 5.26 Å². The fraction of sp³-hybridized carbons (Fsp3) is 0.417. The predicted octanol–water partition coefficient (Wildman–Crippen LogP) is 2.71. The van der Waals surface area contributed by atoms with Crippen LogP contribution in [0.15, 0.2) is 18.2 Å². The summed E-state index contributed by atoms with van der Waals surface area (Å²) in [5.74, 6) is 0. The highest BCUT2D eigenvalue weighted by atomic mass is 15.1. The minimum absolute atomic E-state index is 0.474. The zero-order chi connectivity index (χ0) is 10.7. The number of benzene rings is 1. The molecule has 0 heterocycles. The summed E-state index contributed by atoms with van der Waals surface area (Å²) in [5.41, 5.74) is 3.07. The molecule has 1 aromatic carbocycles. The Morgan fingerprint density at radius 2 is 2.00 bits per heavy atom. The van der Waals surface area contributed by atoms with Crippen LogP contribution in [0.4, 0.5) is 5.69 Å². The summed E-state index contributed by atoms with van der Waals surface area (Å²) >= 11 is 0. The molecule has 2 nitrogen and oxygen atoms in total. The number of rotatable bonds is 2. The molecule has 0 saturated heterocycles. The number of nitrogens with zero attached hydrogens (tertiary/aromatic N) is 2. The molecule has 0 radical (unpaired) electrons. The number of anilines is 1. The molecule has 0 saturated carbocycles. The Morgan fingerprint density at radius 1 is 1.36 bits per heavy atom. The third-order valence-electron chi connectivity index (χ3n) is 2.48. The number of nitriles is 1. The van der Waals surface area contributed by atoms with E-state index in [1.807, 2.05) is 25.1 Å². The van der Waals surface area contributed by atoms with Crippen LogP contribution in [0, 0.1) is 18.3 Å². The highest BCUT2D eigenvalue weighted by molar-refractivity contribution is 5.56. The van der Waals surface area contributed by atoms with Crippen molar-refractivity contribution >= 4 is 5.69 Å². The number of aryl methyl sites for hydroxylation is 1. The summed E-state index contributed by atoms with van der Waals surface area (Å²) in [6.45, 7) is 6.34. The molecule has 0 aliphatic carbocycles. The van der Waals surface area contributed by atoms with Crippen molar-refractivity contribution in [2.24, 2.45) is 0 Å². The summed E-state index contributed by atoms with van der Waals surface area (Å²) in [7, 11) is 2.07. The summed E-state index contributed by atoms with van der Waals surface area (Å²) < 4.78 is 0. The Bertz CT molecular complexity index is 361. The predicted molar refractivity (Wildman–Crippen MR) is 59.4 cm³/mol. The molecule has 14 heavy (non-hydrogen) atoms. The van der Waals surface area contributed by atoms with Crippen LogP contribution < -0.4 is 4.90 Å². The van der Waals surface area contributed by atoms with Gasteiger partial charge >= 0.3 is 0 Å². The topological polar surface area (TPSA) is 27.0 Å². The van der Waals surface area contributed by atoms with Gasteiger partial charge in [0.1, 0.15) is 0 Å². The second-order valence-electron chi connectivity index (χ2n) is 3.82. The normalized spacial score (nSPS) is 10.0. The van der Waals surface area contributed by atoms with Crippen molar-refractivity contribution in [1.82, 2.24) is 0 Å². The lowest BCUT2D eigenvalue weighted by Crippen LogP contribution is -2.26. The number of hydrogen-bond acceptors (Lipinski definition) is 2. The van der Waals surface area contributed by atoms with Crippen molar-refractivity contribution < 1.29 is 0 Å². The van der Waals surface area contributed by atoms with Gasteiger partial charge in [0.15, 0.2) is 0 Å². The maximum absolute atomic E-state index is 8.74. The molecule has 0 aromatic heterocycles. The maximum atomic E-state index is 8.74. The molecule has 0 aliphatic heterocycles. The zero-order valence-corrected chi connectivity index (χ0v) is 9.20. The SMILES string of the molecule is Cc1cc(C#N)ccc1N(C)C(C)C. The molecule has 0 bridgehead atoms. The van der Waals surface area contributed by atoms with Crippen LogP contribution >= 0.6 is 0 Å². The lowest BCUT2D eigenvalue weighted by molar-refractivity contribution is 0.752. The molecule has 2 heteroatoms. The van der Waals surface area contributed by atoms with Gasteiger partial charge in [-0.15, -0.1) is 0 Å². The van der Waals surface area contributed by atoms with Crippen molar-refractivity contribution in [3.05, 3.63) is 29.3 Å². The Morgan fingerprint density at radius 3 is 2.43 bits per heavy atom. The van der Waals surface area contributed by atoms with Crippen LogP contribution in [0.1, 0.15) is 25.0 Å². The van der Waals surface area contributed by atoms with E-state index in [1.165, 1.54) is 5.69 Å². The Hall–Kier alpha value is -1.49. The Kier molecular flexibility index (Phi) is 3.14. The average Bonchev–Trinajstić information content (AvgIpc) is 2.16. The highest BCUT2D eigenvalue weighted by Gasteiger charge is 2.07. The first-order valence-corrected chi connectivity index (χ1v) is 4.80. The van der Waals surface area contributed by atoms with Gasteiger partial charge < -0.3 is 4.90 Å². The van der Waals surface area contributed by atoms with E-state index in [0.717, 1.165) is 11.1 Å². The van der Waals surface area contributed by atoms with Gasteiger partial charge in [0, 0.05) is 18.8 Å². The van der Waals surface area contributed by atoms with Crippen LogP contribution in [-0.2, 0) is 0 Å². The van der Waals surface area contributed by atoms with Crippen LogP contribution in [0.3, 0.4) is 0 Å². The van der Waals surface area contributed by atoms with Crippen molar-refractivity contribution in [3.63, 3.8) is 0 Å². The maximum Gasteiger partial charge on any atom is 0.0991 e. The van der Waals surface area contributed by atoms with Gasteiger partial charge in [-0.1, -0.05) is 0 Å². The van der Waals surface area contributed by atoms with Crippen LogP contribution in [-0.4, -0.2) is 13.1 Å². The lowest BCUT2D eigenvalue weighted by atomic mass is 10.1. The van der Waals surface area contributed by atoms with Gasteiger partial charge in [-0.25, -0.2) is 0 Å². The average molecular weight is 188 g/mol. The molecule has 0 spiro atoms. The van der Waals surface area contributed by atoms with E-state index in [1.54, 1.807) is 0 Å². The molecular weight excluding hydrogens is 172 g/mol. The lowest BCUT2D eigenvalue weighted by Gasteiger charge is -2.25. The van der Waals surface area contributed by atoms with E-state index in [0.29, 0.717) is 6.04 Å².